The summed E-state index contributed by atoms with van der Waals surface area (Å²) in [5.41, 5.74) is 0.189. The summed E-state index contributed by atoms with van der Waals surface area (Å²) in [7, 11) is 11.3. The smallest absolute Gasteiger partial charge is 0.303 e. The predicted octanol–water partition coefficient (Wildman–Crippen LogP) is 0.988. The van der Waals surface area contributed by atoms with E-state index in [1.807, 2.05) is 0 Å². The third-order valence-electron chi connectivity index (χ3n) is 3.63. The zero-order chi connectivity index (χ0) is 17.6. The van der Waals surface area contributed by atoms with Crippen molar-refractivity contribution in [3.05, 3.63) is 0 Å². The van der Waals surface area contributed by atoms with Gasteiger partial charge in [0.2, 0.25) is 0 Å². The summed E-state index contributed by atoms with van der Waals surface area (Å²) in [6.07, 6.45) is 0. The fourth-order valence-corrected chi connectivity index (χ4v) is 9.41. The molecule has 6 nitrogen and oxygen atoms in total. The number of hydrazine groups is 2. The van der Waals surface area contributed by atoms with Crippen LogP contribution >= 0.6 is 0 Å². The van der Waals surface area contributed by atoms with Gasteiger partial charge in [0.25, 0.3) is 0 Å². The first kappa shape index (κ1) is 20.2. The van der Waals surface area contributed by atoms with E-state index in [4.69, 9.17) is 0 Å². The molecule has 0 aromatic carbocycles. The van der Waals surface area contributed by atoms with Crippen molar-refractivity contribution in [3.63, 3.8) is 0 Å². The minimum absolute atomic E-state index is 0.0947. The van der Waals surface area contributed by atoms with Crippen molar-refractivity contribution in [1.29, 1.82) is 0 Å². The van der Waals surface area contributed by atoms with Crippen LogP contribution < -0.4 is 0 Å². The minimum Gasteiger partial charge on any atom is -0.303 e. The summed E-state index contributed by atoms with van der Waals surface area (Å²) < 4.78 is 15.0. The molecule has 8 heteroatoms. The second-order valence-corrected chi connectivity index (χ2v) is 13.5. The van der Waals surface area contributed by atoms with Gasteiger partial charge in [0.15, 0.2) is 0 Å². The monoisotopic (exact) mass is 344 g/mol. The van der Waals surface area contributed by atoms with Crippen LogP contribution in [0.15, 0.2) is 0 Å². The Kier molecular flexibility index (Phi) is 6.07. The Morgan fingerprint density at radius 2 is 0.818 bits per heavy atom. The number of hydrogen-bond acceptors (Lipinski definition) is 6. The topological polar surface area (TPSA) is 19.4 Å². The quantitative estimate of drug-likeness (QED) is 0.691. The first-order chi connectivity index (χ1) is 9.71. The van der Waals surface area contributed by atoms with Crippen molar-refractivity contribution in [1.82, 2.24) is 27.8 Å². The lowest BCUT2D eigenvalue weighted by molar-refractivity contribution is -0.0565. The Bertz CT molecular complexity index is 341. The SMILES string of the molecule is CN(C)[Si]1N(C)N(C(C)(C)C)[Si](N(C)C)N(C)N1C(C)(C)C. The van der Waals surface area contributed by atoms with Crippen molar-refractivity contribution in [2.75, 3.05) is 42.3 Å². The molecule has 0 unspecified atom stereocenters. The molecule has 130 valence electrons. The third kappa shape index (κ3) is 3.81. The molecular weight excluding hydrogens is 308 g/mol. The lowest BCUT2D eigenvalue weighted by atomic mass is 10.1. The molecule has 1 aliphatic rings. The summed E-state index contributed by atoms with van der Waals surface area (Å²) in [5, 5.41) is 0. The zero-order valence-corrected chi connectivity index (χ0v) is 18.7. The van der Waals surface area contributed by atoms with Crippen molar-refractivity contribution >= 4 is 18.6 Å². The number of hydrogen-bond donors (Lipinski definition) is 0. The van der Waals surface area contributed by atoms with Crippen LogP contribution in [0.5, 0.6) is 0 Å². The van der Waals surface area contributed by atoms with Gasteiger partial charge in [0.05, 0.1) is 0 Å². The van der Waals surface area contributed by atoms with Gasteiger partial charge in [0.1, 0.15) is 0 Å². The highest BCUT2D eigenvalue weighted by Gasteiger charge is 2.54. The van der Waals surface area contributed by atoms with E-state index in [1.165, 1.54) is 0 Å². The van der Waals surface area contributed by atoms with E-state index in [9.17, 15) is 0 Å². The molecule has 0 N–H and O–H groups in total. The summed E-state index contributed by atoms with van der Waals surface area (Å²) >= 11 is 0. The van der Waals surface area contributed by atoms with E-state index in [0.29, 0.717) is 0 Å². The molecule has 2 radical (unpaired) electrons. The van der Waals surface area contributed by atoms with E-state index in [0.717, 1.165) is 0 Å². The molecule has 1 heterocycles. The Labute approximate surface area is 141 Å². The largest absolute Gasteiger partial charge is 0.356 e. The first-order valence-electron chi connectivity index (χ1n) is 7.87. The fraction of sp³-hybridized carbons (Fsp3) is 1.00. The molecule has 0 aromatic rings. The van der Waals surface area contributed by atoms with Crippen molar-refractivity contribution in [2.24, 2.45) is 0 Å². The highest BCUT2D eigenvalue weighted by atomic mass is 28.3. The Morgan fingerprint density at radius 1 is 0.591 bits per heavy atom. The van der Waals surface area contributed by atoms with Gasteiger partial charge in [-0.15, -0.1) is 0 Å². The van der Waals surface area contributed by atoms with Crippen LogP contribution in [0.3, 0.4) is 0 Å². The molecule has 0 aromatic heterocycles. The van der Waals surface area contributed by atoms with Gasteiger partial charge >= 0.3 is 18.6 Å². The normalized spacial score (nSPS) is 23.2. The summed E-state index contributed by atoms with van der Waals surface area (Å²) in [6, 6.07) is 0. The molecule has 1 aliphatic heterocycles. The zero-order valence-electron chi connectivity index (χ0n) is 16.7. The molecule has 1 saturated heterocycles. The maximum atomic E-state index is 2.61. The number of nitrogens with zero attached hydrogens (tertiary/aromatic N) is 6. The average molecular weight is 345 g/mol. The Balaban J connectivity index is 3.43. The average Bonchev–Trinajstić information content (AvgIpc) is 2.26. The Morgan fingerprint density at radius 3 is 0.955 bits per heavy atom. The van der Waals surface area contributed by atoms with Gasteiger partial charge in [-0.25, -0.2) is 18.7 Å². The highest BCUT2D eigenvalue weighted by Crippen LogP contribution is 2.31. The summed E-state index contributed by atoms with van der Waals surface area (Å²) in [5.74, 6) is 0. The lowest BCUT2D eigenvalue weighted by Gasteiger charge is -2.62. The van der Waals surface area contributed by atoms with Crippen LogP contribution in [0.2, 0.25) is 0 Å². The van der Waals surface area contributed by atoms with Gasteiger partial charge in [-0.2, -0.15) is 0 Å². The van der Waals surface area contributed by atoms with E-state index >= 15 is 0 Å². The molecule has 0 aliphatic carbocycles. The van der Waals surface area contributed by atoms with Crippen molar-refractivity contribution < 1.29 is 0 Å². The van der Waals surface area contributed by atoms with Crippen LogP contribution in [-0.4, -0.2) is 99.8 Å². The van der Waals surface area contributed by atoms with E-state index in [-0.39, 0.29) is 11.1 Å². The molecule has 22 heavy (non-hydrogen) atoms. The van der Waals surface area contributed by atoms with E-state index < -0.39 is 18.6 Å². The predicted molar refractivity (Wildman–Crippen MR) is 97.6 cm³/mol. The molecule has 0 spiro atoms. The van der Waals surface area contributed by atoms with Crippen molar-refractivity contribution in [2.45, 2.75) is 52.6 Å². The van der Waals surface area contributed by atoms with Crippen LogP contribution in [0, 0.1) is 0 Å². The second-order valence-electron chi connectivity index (χ2n) is 8.40. The van der Waals surface area contributed by atoms with Gasteiger partial charge < -0.3 is 9.13 Å². The molecule has 0 bridgehead atoms. The van der Waals surface area contributed by atoms with Gasteiger partial charge in [-0.05, 0) is 83.8 Å². The first-order valence-corrected chi connectivity index (χ1v) is 10.6. The van der Waals surface area contributed by atoms with Crippen LogP contribution in [0.25, 0.3) is 0 Å². The minimum atomic E-state index is -1.03. The second kappa shape index (κ2) is 6.60. The maximum Gasteiger partial charge on any atom is 0.356 e. The molecule has 0 atom stereocenters. The molecular formula is C14H36N6Si2. The summed E-state index contributed by atoms with van der Waals surface area (Å²) in [6.45, 7) is 13.9. The molecule has 0 amide bonds. The van der Waals surface area contributed by atoms with Gasteiger partial charge in [-0.1, -0.05) is 0 Å². The summed E-state index contributed by atoms with van der Waals surface area (Å²) in [4.78, 5) is 0. The van der Waals surface area contributed by atoms with Gasteiger partial charge in [0, 0.05) is 11.1 Å². The molecule has 1 rings (SSSR count). The highest BCUT2D eigenvalue weighted by molar-refractivity contribution is 6.58. The fourth-order valence-electron chi connectivity index (χ4n) is 3.18. The molecule has 0 saturated carbocycles. The number of rotatable bonds is 2. The molecule has 1 fully saturated rings. The van der Waals surface area contributed by atoms with Crippen LogP contribution in [0.1, 0.15) is 41.5 Å². The third-order valence-corrected chi connectivity index (χ3v) is 9.89. The van der Waals surface area contributed by atoms with Crippen LogP contribution in [-0.2, 0) is 0 Å². The maximum absolute atomic E-state index is 2.61. The van der Waals surface area contributed by atoms with Crippen LogP contribution in [0.4, 0.5) is 0 Å². The van der Waals surface area contributed by atoms with Crippen molar-refractivity contribution in [3.8, 4) is 0 Å². The Hall–Kier alpha value is 0.194. The standard InChI is InChI=1S/C14H36N6Si2/c1-13(2,3)19-17(11)22(16(9)10)20(14(4,5)6)18(12)21(19)15(7)8/h1-12H3. The van der Waals surface area contributed by atoms with E-state index in [2.05, 4.69) is 112 Å². The van der Waals surface area contributed by atoms with E-state index in [1.54, 1.807) is 0 Å². The lowest BCUT2D eigenvalue weighted by Crippen LogP contribution is -2.86. The van der Waals surface area contributed by atoms with Gasteiger partial charge in [-0.3, -0.25) is 0 Å².